The zero-order valence-corrected chi connectivity index (χ0v) is 13.8. The van der Waals surface area contributed by atoms with E-state index in [0.717, 1.165) is 17.7 Å². The highest BCUT2D eigenvalue weighted by molar-refractivity contribution is 5.95. The highest BCUT2D eigenvalue weighted by Crippen LogP contribution is 2.37. The number of carbonyl (C=O) groups is 1. The van der Waals surface area contributed by atoms with Gasteiger partial charge in [-0.15, -0.1) is 0 Å². The predicted molar refractivity (Wildman–Crippen MR) is 89.2 cm³/mol. The molecule has 0 saturated heterocycles. The second-order valence-corrected chi connectivity index (χ2v) is 5.02. The van der Waals surface area contributed by atoms with Crippen LogP contribution in [-0.2, 0) is 0 Å². The lowest BCUT2D eigenvalue weighted by molar-refractivity contribution is 0.252. The molecule has 7 nitrogen and oxygen atoms in total. The Morgan fingerprint density at radius 3 is 2.74 bits per heavy atom. The number of aromatic nitrogens is 2. The molecule has 23 heavy (non-hydrogen) atoms. The van der Waals surface area contributed by atoms with E-state index in [-0.39, 0.29) is 6.03 Å². The van der Waals surface area contributed by atoms with Gasteiger partial charge in [0.2, 0.25) is 0 Å². The number of rotatable bonds is 6. The molecule has 7 heteroatoms. The minimum atomic E-state index is -0.264. The summed E-state index contributed by atoms with van der Waals surface area (Å²) in [6, 6.07) is 5.17. The van der Waals surface area contributed by atoms with Gasteiger partial charge in [0.15, 0.2) is 0 Å². The van der Waals surface area contributed by atoms with E-state index < -0.39 is 0 Å². The third-order valence-corrected chi connectivity index (χ3v) is 3.38. The number of carbonyl (C=O) groups excluding carboxylic acids is 1. The standard InChI is InChI=1S/C16H22N4O3/c1-5-8-17-16(21)18-14-10(2)19-20-15(14)12-9-11(22-3)6-7-13(12)23-4/h6-7,9H,5,8H2,1-4H3,(H,19,20)(H2,17,18,21). The van der Waals surface area contributed by atoms with E-state index in [0.29, 0.717) is 29.4 Å². The molecule has 0 saturated carbocycles. The van der Waals surface area contributed by atoms with Crippen molar-refractivity contribution in [2.75, 3.05) is 26.1 Å². The van der Waals surface area contributed by atoms with Crippen LogP contribution in [0.3, 0.4) is 0 Å². The number of H-pyrrole nitrogens is 1. The summed E-state index contributed by atoms with van der Waals surface area (Å²) in [4.78, 5) is 12.0. The molecule has 0 aliphatic heterocycles. The van der Waals surface area contributed by atoms with Crippen molar-refractivity contribution in [3.05, 3.63) is 23.9 Å². The molecule has 0 bridgehead atoms. The summed E-state index contributed by atoms with van der Waals surface area (Å²) < 4.78 is 10.7. The van der Waals surface area contributed by atoms with Crippen LogP contribution in [0.1, 0.15) is 19.0 Å². The van der Waals surface area contributed by atoms with Gasteiger partial charge < -0.3 is 20.1 Å². The fourth-order valence-corrected chi connectivity index (χ4v) is 2.17. The number of benzene rings is 1. The van der Waals surface area contributed by atoms with Gasteiger partial charge in [-0.25, -0.2) is 4.79 Å². The lowest BCUT2D eigenvalue weighted by atomic mass is 10.1. The summed E-state index contributed by atoms with van der Waals surface area (Å²) in [6.45, 7) is 4.45. The van der Waals surface area contributed by atoms with Gasteiger partial charge in [-0.2, -0.15) is 5.10 Å². The van der Waals surface area contributed by atoms with Crippen LogP contribution in [-0.4, -0.2) is 37.0 Å². The molecule has 124 valence electrons. The number of aromatic amines is 1. The number of hydrogen-bond donors (Lipinski definition) is 3. The smallest absolute Gasteiger partial charge is 0.319 e. The Balaban J connectivity index is 2.39. The molecule has 0 radical (unpaired) electrons. The summed E-state index contributed by atoms with van der Waals surface area (Å²) in [6.07, 6.45) is 0.869. The number of ether oxygens (including phenoxy) is 2. The number of urea groups is 1. The molecule has 0 aliphatic carbocycles. The first-order valence-corrected chi connectivity index (χ1v) is 7.42. The predicted octanol–water partition coefficient (Wildman–Crippen LogP) is 2.93. The second kappa shape index (κ2) is 7.53. The van der Waals surface area contributed by atoms with E-state index in [1.54, 1.807) is 20.3 Å². The Bertz CT molecular complexity index is 682. The third kappa shape index (κ3) is 3.74. The number of aryl methyl sites for hydroxylation is 1. The van der Waals surface area contributed by atoms with Crippen LogP contribution in [0.5, 0.6) is 11.5 Å². The SMILES string of the molecule is CCCNC(=O)Nc1c(-c2cc(OC)ccc2OC)n[nH]c1C. The van der Waals surface area contributed by atoms with Crippen molar-refractivity contribution in [3.63, 3.8) is 0 Å². The molecule has 1 heterocycles. The van der Waals surface area contributed by atoms with Gasteiger partial charge in [0.1, 0.15) is 17.2 Å². The van der Waals surface area contributed by atoms with E-state index in [1.165, 1.54) is 0 Å². The van der Waals surface area contributed by atoms with E-state index in [1.807, 2.05) is 26.0 Å². The van der Waals surface area contributed by atoms with Gasteiger partial charge in [-0.05, 0) is 31.5 Å². The van der Waals surface area contributed by atoms with Crippen molar-refractivity contribution in [2.24, 2.45) is 0 Å². The first-order valence-electron chi connectivity index (χ1n) is 7.42. The number of methoxy groups -OCH3 is 2. The van der Waals surface area contributed by atoms with Crippen molar-refractivity contribution in [1.82, 2.24) is 15.5 Å². The van der Waals surface area contributed by atoms with Crippen molar-refractivity contribution in [3.8, 4) is 22.8 Å². The average Bonchev–Trinajstić information content (AvgIpc) is 2.93. The summed E-state index contributed by atoms with van der Waals surface area (Å²) in [5, 5.41) is 12.8. The zero-order valence-electron chi connectivity index (χ0n) is 13.8. The van der Waals surface area contributed by atoms with Crippen LogP contribution < -0.4 is 20.1 Å². The van der Waals surface area contributed by atoms with E-state index in [9.17, 15) is 4.79 Å². The van der Waals surface area contributed by atoms with Crippen molar-refractivity contribution in [1.29, 1.82) is 0 Å². The molecule has 0 aliphatic rings. The Morgan fingerprint density at radius 2 is 2.09 bits per heavy atom. The number of amides is 2. The van der Waals surface area contributed by atoms with Gasteiger partial charge in [0.25, 0.3) is 0 Å². The van der Waals surface area contributed by atoms with Crippen LogP contribution in [0.4, 0.5) is 10.5 Å². The Kier molecular flexibility index (Phi) is 5.46. The molecular weight excluding hydrogens is 296 g/mol. The monoisotopic (exact) mass is 318 g/mol. The molecule has 3 N–H and O–H groups in total. The van der Waals surface area contributed by atoms with E-state index >= 15 is 0 Å². The van der Waals surface area contributed by atoms with Crippen LogP contribution in [0.2, 0.25) is 0 Å². The quantitative estimate of drug-likeness (QED) is 0.764. The minimum Gasteiger partial charge on any atom is -0.497 e. The molecule has 0 unspecified atom stereocenters. The second-order valence-electron chi connectivity index (χ2n) is 5.02. The normalized spacial score (nSPS) is 10.3. The van der Waals surface area contributed by atoms with Gasteiger partial charge >= 0.3 is 6.03 Å². The van der Waals surface area contributed by atoms with Crippen LogP contribution in [0.15, 0.2) is 18.2 Å². The van der Waals surface area contributed by atoms with Gasteiger partial charge in [0.05, 0.1) is 25.6 Å². The molecule has 0 atom stereocenters. The first-order chi connectivity index (χ1) is 11.1. The number of nitrogens with zero attached hydrogens (tertiary/aromatic N) is 1. The maximum absolute atomic E-state index is 12.0. The van der Waals surface area contributed by atoms with Gasteiger partial charge in [0, 0.05) is 12.1 Å². The van der Waals surface area contributed by atoms with Gasteiger partial charge in [-0.1, -0.05) is 6.92 Å². The molecule has 2 aromatic rings. The fraction of sp³-hybridized carbons (Fsp3) is 0.375. The third-order valence-electron chi connectivity index (χ3n) is 3.38. The maximum atomic E-state index is 12.0. The highest BCUT2D eigenvalue weighted by atomic mass is 16.5. The maximum Gasteiger partial charge on any atom is 0.319 e. The lowest BCUT2D eigenvalue weighted by Crippen LogP contribution is -2.29. The van der Waals surface area contributed by atoms with E-state index in [4.69, 9.17) is 9.47 Å². The molecule has 2 rings (SSSR count). The molecule has 1 aromatic heterocycles. The molecule has 0 fully saturated rings. The minimum absolute atomic E-state index is 0.264. The summed E-state index contributed by atoms with van der Waals surface area (Å²) >= 11 is 0. The fourth-order valence-electron chi connectivity index (χ4n) is 2.17. The molecule has 2 amide bonds. The lowest BCUT2D eigenvalue weighted by Gasteiger charge is -2.12. The van der Waals surface area contributed by atoms with Crippen molar-refractivity contribution in [2.45, 2.75) is 20.3 Å². The van der Waals surface area contributed by atoms with Crippen molar-refractivity contribution >= 4 is 11.7 Å². The first kappa shape index (κ1) is 16.7. The average molecular weight is 318 g/mol. The molecule has 1 aromatic carbocycles. The van der Waals surface area contributed by atoms with Crippen molar-refractivity contribution < 1.29 is 14.3 Å². The van der Waals surface area contributed by atoms with Gasteiger partial charge in [-0.3, -0.25) is 5.10 Å². The Morgan fingerprint density at radius 1 is 1.30 bits per heavy atom. The summed E-state index contributed by atoms with van der Waals surface area (Å²) in [5.74, 6) is 1.33. The summed E-state index contributed by atoms with van der Waals surface area (Å²) in [7, 11) is 3.19. The van der Waals surface area contributed by atoms with Crippen LogP contribution in [0, 0.1) is 6.92 Å². The summed E-state index contributed by atoms with van der Waals surface area (Å²) in [5.41, 5.74) is 2.72. The van der Waals surface area contributed by atoms with Crippen LogP contribution >= 0.6 is 0 Å². The molecule has 0 spiro atoms. The highest BCUT2D eigenvalue weighted by Gasteiger charge is 2.18. The molecular formula is C16H22N4O3. The largest absolute Gasteiger partial charge is 0.497 e. The zero-order chi connectivity index (χ0) is 16.8. The topological polar surface area (TPSA) is 88.3 Å². The number of hydrogen-bond acceptors (Lipinski definition) is 4. The Hall–Kier alpha value is -2.70. The number of nitrogens with one attached hydrogen (secondary N) is 3. The van der Waals surface area contributed by atoms with Crippen LogP contribution in [0.25, 0.3) is 11.3 Å². The number of anilines is 1. The Labute approximate surface area is 135 Å². The van der Waals surface area contributed by atoms with E-state index in [2.05, 4.69) is 20.8 Å².